The zero-order valence-corrected chi connectivity index (χ0v) is 19.3. The maximum atomic E-state index is 5.41. The van der Waals surface area contributed by atoms with Crippen molar-refractivity contribution in [3.63, 3.8) is 0 Å². The van der Waals surface area contributed by atoms with Crippen LogP contribution in [0.15, 0.2) is 39.8 Å². The maximum Gasteiger partial charge on any atom is 0.232 e. The Morgan fingerprint density at radius 1 is 1.19 bits per heavy atom. The monoisotopic (exact) mass is 424 g/mol. The van der Waals surface area contributed by atoms with Gasteiger partial charge in [0.15, 0.2) is 11.8 Å². The van der Waals surface area contributed by atoms with Gasteiger partial charge in [-0.2, -0.15) is 4.98 Å². The lowest BCUT2D eigenvalue weighted by molar-refractivity contribution is 0.0372. The fourth-order valence-electron chi connectivity index (χ4n) is 4.83. The highest BCUT2D eigenvalue weighted by atomic mass is 16.5. The van der Waals surface area contributed by atoms with Gasteiger partial charge in [0.25, 0.3) is 0 Å². The number of likely N-dealkylation sites (tertiary alicyclic amines) is 2. The molecule has 2 aliphatic heterocycles. The molecule has 0 aliphatic carbocycles. The number of piperidine rings is 2. The summed E-state index contributed by atoms with van der Waals surface area (Å²) in [6, 6.07) is 11.5. The molecule has 2 atom stereocenters. The Balaban J connectivity index is 1.34. The Kier molecular flexibility index (Phi) is 6.60. The summed E-state index contributed by atoms with van der Waals surface area (Å²) in [6.07, 6.45) is 3.74. The van der Waals surface area contributed by atoms with Gasteiger partial charge in [-0.05, 0) is 37.3 Å². The number of benzene rings is 1. The summed E-state index contributed by atoms with van der Waals surface area (Å²) in [6.45, 7) is 11.1. The number of hydrogen-bond donors (Lipinski definition) is 1. The van der Waals surface area contributed by atoms with Gasteiger partial charge in [-0.1, -0.05) is 56.3 Å². The maximum absolute atomic E-state index is 5.41. The van der Waals surface area contributed by atoms with E-state index >= 15 is 0 Å². The van der Waals surface area contributed by atoms with E-state index in [2.05, 4.69) is 81.4 Å². The third-order valence-electron chi connectivity index (χ3n) is 6.44. The average Bonchev–Trinajstić information content (AvgIpc) is 3.25. The molecule has 0 spiro atoms. The van der Waals surface area contributed by atoms with Crippen molar-refractivity contribution in [1.29, 1.82) is 0 Å². The molecule has 7 nitrogen and oxygen atoms in total. The number of nitrogens with one attached hydrogen (secondary N) is 1. The first kappa shape index (κ1) is 21.8. The van der Waals surface area contributed by atoms with Crippen LogP contribution in [-0.4, -0.2) is 58.6 Å². The predicted molar refractivity (Wildman–Crippen MR) is 123 cm³/mol. The lowest BCUT2D eigenvalue weighted by Gasteiger charge is -2.48. The fourth-order valence-corrected chi connectivity index (χ4v) is 4.83. The molecule has 0 bridgehead atoms. The molecule has 1 aromatic carbocycles. The fraction of sp³-hybridized carbons (Fsp3) is 0.625. The highest BCUT2D eigenvalue weighted by Gasteiger charge is 2.36. The first-order valence-electron chi connectivity index (χ1n) is 11.5. The van der Waals surface area contributed by atoms with Crippen LogP contribution in [0, 0.1) is 5.92 Å². The lowest BCUT2D eigenvalue weighted by atomic mass is 9.83. The van der Waals surface area contributed by atoms with Crippen LogP contribution in [-0.2, 0) is 18.5 Å². The molecule has 4 rings (SSSR count). The van der Waals surface area contributed by atoms with Gasteiger partial charge < -0.3 is 14.7 Å². The van der Waals surface area contributed by atoms with Crippen molar-refractivity contribution < 1.29 is 4.52 Å². The molecule has 1 N–H and O–H groups in total. The van der Waals surface area contributed by atoms with Gasteiger partial charge >= 0.3 is 0 Å². The molecule has 7 heteroatoms. The van der Waals surface area contributed by atoms with E-state index in [1.54, 1.807) is 0 Å². The average molecular weight is 425 g/mol. The quantitative estimate of drug-likeness (QED) is 0.599. The highest BCUT2D eigenvalue weighted by molar-refractivity contribution is 5.79. The summed E-state index contributed by atoms with van der Waals surface area (Å²) in [7, 11) is 1.85. The van der Waals surface area contributed by atoms with Crippen LogP contribution < -0.4 is 5.32 Å². The zero-order valence-electron chi connectivity index (χ0n) is 19.3. The van der Waals surface area contributed by atoms with Crippen LogP contribution in [0.3, 0.4) is 0 Å². The largest absolute Gasteiger partial charge is 0.349 e. The smallest absolute Gasteiger partial charge is 0.232 e. The van der Waals surface area contributed by atoms with Crippen molar-refractivity contribution in [2.24, 2.45) is 10.9 Å². The predicted octanol–water partition coefficient (Wildman–Crippen LogP) is 3.43. The van der Waals surface area contributed by atoms with E-state index in [1.807, 2.05) is 7.05 Å². The molecule has 2 fully saturated rings. The molecule has 3 heterocycles. The Labute approximate surface area is 185 Å². The minimum Gasteiger partial charge on any atom is -0.349 e. The van der Waals surface area contributed by atoms with Gasteiger partial charge in [-0.15, -0.1) is 0 Å². The minimum atomic E-state index is -0.137. The molecular formula is C24H36N6O. The van der Waals surface area contributed by atoms with E-state index < -0.39 is 0 Å². The summed E-state index contributed by atoms with van der Waals surface area (Å²) in [4.78, 5) is 14.2. The number of nitrogens with zero attached hydrogens (tertiary/aromatic N) is 5. The van der Waals surface area contributed by atoms with Crippen molar-refractivity contribution in [3.8, 4) is 0 Å². The topological polar surface area (TPSA) is 69.8 Å². The molecule has 2 unspecified atom stereocenters. The zero-order chi connectivity index (χ0) is 21.8. The van der Waals surface area contributed by atoms with Crippen LogP contribution in [0.5, 0.6) is 0 Å². The van der Waals surface area contributed by atoms with E-state index in [1.165, 1.54) is 31.4 Å². The van der Waals surface area contributed by atoms with Gasteiger partial charge in [0.2, 0.25) is 5.89 Å². The first-order valence-corrected chi connectivity index (χ1v) is 11.5. The van der Waals surface area contributed by atoms with Crippen LogP contribution in [0.1, 0.15) is 57.3 Å². The van der Waals surface area contributed by atoms with Crippen LogP contribution in [0.2, 0.25) is 0 Å². The Bertz CT molecular complexity index is 872. The number of guanidine groups is 1. The molecule has 1 aromatic heterocycles. The number of aromatic nitrogens is 2. The highest BCUT2D eigenvalue weighted by Crippen LogP contribution is 2.31. The van der Waals surface area contributed by atoms with Crippen LogP contribution in [0.25, 0.3) is 0 Å². The number of fused-ring (bicyclic) bond motifs is 1. The molecule has 2 aromatic rings. The number of hydrogen-bond acceptors (Lipinski definition) is 5. The van der Waals surface area contributed by atoms with E-state index in [4.69, 9.17) is 4.52 Å². The van der Waals surface area contributed by atoms with E-state index in [0.717, 1.165) is 25.6 Å². The summed E-state index contributed by atoms with van der Waals surface area (Å²) >= 11 is 0. The summed E-state index contributed by atoms with van der Waals surface area (Å²) in [5, 5.41) is 7.56. The third-order valence-corrected chi connectivity index (χ3v) is 6.44. The summed E-state index contributed by atoms with van der Waals surface area (Å²) in [5.41, 5.74) is 1.28. The molecule has 2 saturated heterocycles. The number of aliphatic imine (C=N–C) groups is 1. The van der Waals surface area contributed by atoms with Crippen molar-refractivity contribution in [2.45, 2.75) is 64.6 Å². The van der Waals surface area contributed by atoms with Crippen LogP contribution in [0.4, 0.5) is 0 Å². The summed E-state index contributed by atoms with van der Waals surface area (Å²) in [5.74, 6) is 2.96. The Morgan fingerprint density at radius 3 is 2.71 bits per heavy atom. The second kappa shape index (κ2) is 9.39. The van der Waals surface area contributed by atoms with E-state index in [-0.39, 0.29) is 5.41 Å². The third kappa shape index (κ3) is 5.26. The minimum absolute atomic E-state index is 0.137. The van der Waals surface area contributed by atoms with Gasteiger partial charge in [-0.25, -0.2) is 0 Å². The standard InChI is InChI=1S/C24H36N6O/c1-24(2,3)22-27-21(28-31-22)15-26-23(25-4)30-14-12-20-19(17-30)11-8-13-29(20)16-18-9-6-5-7-10-18/h5-7,9-10,19-20H,8,11-17H2,1-4H3,(H,25,26). The second-order valence-corrected chi connectivity index (χ2v) is 9.83. The molecule has 168 valence electrons. The van der Waals surface area contributed by atoms with Crippen LogP contribution >= 0.6 is 0 Å². The molecule has 31 heavy (non-hydrogen) atoms. The van der Waals surface area contributed by atoms with E-state index in [0.29, 0.717) is 30.2 Å². The lowest BCUT2D eigenvalue weighted by Crippen LogP contribution is -2.56. The number of rotatable bonds is 4. The molecule has 0 radical (unpaired) electrons. The molecule has 2 aliphatic rings. The SMILES string of the molecule is CN=C(NCc1noc(C(C)(C)C)n1)N1CCC2C(CCCN2Cc2ccccc2)C1. The molecule has 0 amide bonds. The summed E-state index contributed by atoms with van der Waals surface area (Å²) < 4.78 is 5.41. The van der Waals surface area contributed by atoms with Crippen molar-refractivity contribution in [3.05, 3.63) is 47.6 Å². The van der Waals surface area contributed by atoms with Gasteiger partial charge in [0, 0.05) is 38.1 Å². The van der Waals surface area contributed by atoms with Gasteiger partial charge in [-0.3, -0.25) is 9.89 Å². The Hall–Kier alpha value is -2.41. The second-order valence-electron chi connectivity index (χ2n) is 9.83. The van der Waals surface area contributed by atoms with Gasteiger partial charge in [0.05, 0.1) is 6.54 Å². The molecule has 0 saturated carbocycles. The van der Waals surface area contributed by atoms with Crippen molar-refractivity contribution in [2.75, 3.05) is 26.7 Å². The van der Waals surface area contributed by atoms with Crippen molar-refractivity contribution in [1.82, 2.24) is 25.3 Å². The van der Waals surface area contributed by atoms with E-state index in [9.17, 15) is 0 Å². The first-order chi connectivity index (χ1) is 14.9. The van der Waals surface area contributed by atoms with Crippen molar-refractivity contribution >= 4 is 5.96 Å². The Morgan fingerprint density at radius 2 is 2.00 bits per heavy atom. The molecular weight excluding hydrogens is 388 g/mol. The normalized spacial score (nSPS) is 23.0. The van der Waals surface area contributed by atoms with Gasteiger partial charge in [0.1, 0.15) is 0 Å².